The number of ether oxygens (including phenoxy) is 1. The maximum atomic E-state index is 12.3. The standard InChI is InChI=1S/C23H34N2O10/c1-20-6-3-17-18(23(20,28)9-5-16(20)14-10-19(26)33-12-14)4-8-22(27)11-15(35-25(31)32)2-7-21(17,22)13-34-24(29)30/h10,15-18,27-28H,2-9,11-13H2,1H3,(H,29,30)(H,31,32)/q+2/t15?,16?,17-,18-,20?,21?,22?,23?/m0/s1. The highest BCUT2D eigenvalue weighted by Crippen LogP contribution is 2.70. The molecule has 5 rings (SSSR count). The number of hydrogen-bond acceptors (Lipinski definition) is 8. The largest absolute Gasteiger partial charge is 0.475 e. The zero-order valence-corrected chi connectivity index (χ0v) is 19.8. The van der Waals surface area contributed by atoms with E-state index >= 15 is 0 Å². The van der Waals surface area contributed by atoms with E-state index in [1.807, 2.05) is 0 Å². The topological polar surface area (TPSA) is 166 Å². The van der Waals surface area contributed by atoms with E-state index in [9.17, 15) is 30.0 Å². The van der Waals surface area contributed by atoms with E-state index in [-0.39, 0.29) is 49.8 Å². The SMILES string of the molecule is CC12CC[C@H]3[C@H](CCC4(O)CC(O[N+](=O)O)CCC34CO[N+](=O)O)C1(O)CCC2C1=CC(=O)OC1. The van der Waals surface area contributed by atoms with Crippen LogP contribution in [0.1, 0.15) is 64.7 Å². The van der Waals surface area contributed by atoms with Crippen molar-refractivity contribution in [1.82, 2.24) is 0 Å². The first-order valence-corrected chi connectivity index (χ1v) is 12.4. The summed E-state index contributed by atoms with van der Waals surface area (Å²) in [6.07, 6.45) is 4.88. The summed E-state index contributed by atoms with van der Waals surface area (Å²) in [5.41, 5.74) is -2.97. The Kier molecular flexibility index (Phi) is 5.55. The molecule has 0 aromatic heterocycles. The van der Waals surface area contributed by atoms with Gasteiger partial charge in [-0.3, -0.25) is 0 Å². The van der Waals surface area contributed by atoms with Crippen molar-refractivity contribution in [2.45, 2.75) is 82.0 Å². The summed E-state index contributed by atoms with van der Waals surface area (Å²) in [5, 5.41) is 41.2. The van der Waals surface area contributed by atoms with Gasteiger partial charge in [-0.2, -0.15) is 9.68 Å². The monoisotopic (exact) mass is 498 g/mol. The highest BCUT2D eigenvalue weighted by Gasteiger charge is 2.72. The van der Waals surface area contributed by atoms with E-state index in [0.717, 1.165) is 12.0 Å². The van der Waals surface area contributed by atoms with E-state index in [1.165, 1.54) is 0 Å². The molecule has 0 radical (unpaired) electrons. The molecule has 4 fully saturated rings. The molecule has 0 aromatic rings. The molecule has 0 saturated heterocycles. The summed E-state index contributed by atoms with van der Waals surface area (Å²) < 4.78 is 5.16. The van der Waals surface area contributed by atoms with Crippen LogP contribution < -0.4 is 0 Å². The van der Waals surface area contributed by atoms with Crippen molar-refractivity contribution in [2.24, 2.45) is 28.6 Å². The van der Waals surface area contributed by atoms with Crippen LogP contribution in [0.3, 0.4) is 0 Å². The summed E-state index contributed by atoms with van der Waals surface area (Å²) in [6, 6.07) is 0. The van der Waals surface area contributed by atoms with E-state index < -0.39 is 38.3 Å². The Morgan fingerprint density at radius 3 is 2.43 bits per heavy atom. The smallest absolute Gasteiger partial charge is 0.458 e. The van der Waals surface area contributed by atoms with Crippen LogP contribution in [0.25, 0.3) is 0 Å². The second-order valence-corrected chi connectivity index (χ2v) is 11.5. The van der Waals surface area contributed by atoms with Crippen LogP contribution in [0.15, 0.2) is 11.6 Å². The van der Waals surface area contributed by atoms with Gasteiger partial charge in [-0.05, 0) is 74.7 Å². The Hall–Kier alpha value is -2.47. The second kappa shape index (κ2) is 8.02. The van der Waals surface area contributed by atoms with Crippen LogP contribution in [-0.2, 0) is 19.2 Å². The fraction of sp³-hybridized carbons (Fsp3) is 0.870. The molecule has 4 saturated carbocycles. The number of carbonyl (C=O) groups is 1. The molecular formula is C23H34N2O10+2. The molecule has 6 unspecified atom stereocenters. The molecular weight excluding hydrogens is 464 g/mol. The highest BCUT2D eigenvalue weighted by atomic mass is 17.0. The van der Waals surface area contributed by atoms with Gasteiger partial charge in [0.15, 0.2) is 12.7 Å². The number of rotatable bonds is 6. The van der Waals surface area contributed by atoms with Gasteiger partial charge in [-0.15, -0.1) is 0 Å². The van der Waals surface area contributed by atoms with Crippen molar-refractivity contribution < 1.29 is 50.0 Å². The fourth-order valence-corrected chi connectivity index (χ4v) is 8.86. The molecule has 12 nitrogen and oxygen atoms in total. The van der Waals surface area contributed by atoms with E-state index in [4.69, 9.17) is 19.6 Å². The van der Waals surface area contributed by atoms with Crippen molar-refractivity contribution in [2.75, 3.05) is 13.2 Å². The van der Waals surface area contributed by atoms with Crippen LogP contribution in [-0.4, -0.2) is 67.3 Å². The van der Waals surface area contributed by atoms with Crippen LogP contribution in [0.2, 0.25) is 0 Å². The normalized spacial score (nSPS) is 46.5. The average molecular weight is 499 g/mol. The Bertz CT molecular complexity index is 972. The molecule has 4 aliphatic carbocycles. The Morgan fingerprint density at radius 1 is 1.03 bits per heavy atom. The summed E-state index contributed by atoms with van der Waals surface area (Å²) in [4.78, 5) is 44.0. The zero-order chi connectivity index (χ0) is 25.2. The summed E-state index contributed by atoms with van der Waals surface area (Å²) in [6.45, 7) is 2.08. The Balaban J connectivity index is 1.48. The summed E-state index contributed by atoms with van der Waals surface area (Å²) >= 11 is 0. The predicted octanol–water partition coefficient (Wildman–Crippen LogP) is 1.91. The van der Waals surface area contributed by atoms with Crippen molar-refractivity contribution in [3.05, 3.63) is 21.5 Å². The van der Waals surface area contributed by atoms with Crippen LogP contribution in [0.4, 0.5) is 0 Å². The molecule has 0 spiro atoms. The molecule has 4 N–H and O–H groups in total. The van der Waals surface area contributed by atoms with Crippen molar-refractivity contribution in [1.29, 1.82) is 0 Å². The zero-order valence-electron chi connectivity index (χ0n) is 19.8. The van der Waals surface area contributed by atoms with E-state index in [1.54, 1.807) is 6.08 Å². The molecule has 5 aliphatic rings. The van der Waals surface area contributed by atoms with Crippen LogP contribution >= 0.6 is 0 Å². The number of aliphatic hydroxyl groups is 2. The molecule has 1 aliphatic heterocycles. The van der Waals surface area contributed by atoms with Gasteiger partial charge in [0.2, 0.25) is 0 Å². The molecule has 8 atom stereocenters. The van der Waals surface area contributed by atoms with Crippen LogP contribution in [0, 0.1) is 38.4 Å². The predicted molar refractivity (Wildman–Crippen MR) is 113 cm³/mol. The third-order valence-electron chi connectivity index (χ3n) is 10.4. The minimum atomic E-state index is -1.39. The van der Waals surface area contributed by atoms with Gasteiger partial charge in [-0.1, -0.05) is 6.92 Å². The van der Waals surface area contributed by atoms with E-state index in [0.29, 0.717) is 38.5 Å². The molecule has 1 heterocycles. The third-order valence-corrected chi connectivity index (χ3v) is 10.4. The lowest BCUT2D eigenvalue weighted by Gasteiger charge is -2.65. The Morgan fingerprint density at radius 2 is 1.77 bits per heavy atom. The van der Waals surface area contributed by atoms with Gasteiger partial charge in [0.05, 0.1) is 11.2 Å². The first kappa shape index (κ1) is 24.2. The molecule has 0 aromatic carbocycles. The van der Waals surface area contributed by atoms with Gasteiger partial charge in [0.25, 0.3) is 0 Å². The number of carbonyl (C=O) groups excluding carboxylic acids is 1. The highest BCUT2D eigenvalue weighted by molar-refractivity contribution is 5.85. The van der Waals surface area contributed by atoms with Gasteiger partial charge >= 0.3 is 16.1 Å². The summed E-state index contributed by atoms with van der Waals surface area (Å²) in [7, 11) is 0. The molecule has 0 amide bonds. The van der Waals surface area contributed by atoms with Gasteiger partial charge in [-0.25, -0.2) is 15.2 Å². The van der Waals surface area contributed by atoms with Crippen molar-refractivity contribution >= 4 is 5.97 Å². The Labute approximate surface area is 201 Å². The summed E-state index contributed by atoms with van der Waals surface area (Å²) in [5.74, 6) is -0.749. The minimum absolute atomic E-state index is 0.0132. The number of esters is 1. The number of hydrogen-bond donors (Lipinski definition) is 4. The second-order valence-electron chi connectivity index (χ2n) is 11.5. The van der Waals surface area contributed by atoms with Crippen molar-refractivity contribution in [3.8, 4) is 0 Å². The van der Waals surface area contributed by atoms with Gasteiger partial charge < -0.3 is 14.9 Å². The molecule has 35 heavy (non-hydrogen) atoms. The lowest BCUT2D eigenvalue weighted by Crippen LogP contribution is -2.69. The minimum Gasteiger partial charge on any atom is -0.458 e. The van der Waals surface area contributed by atoms with Gasteiger partial charge in [0, 0.05) is 23.3 Å². The fourth-order valence-electron chi connectivity index (χ4n) is 8.86. The lowest BCUT2D eigenvalue weighted by atomic mass is 9.41. The maximum Gasteiger partial charge on any atom is 0.475 e. The molecule has 194 valence electrons. The number of fused-ring (bicyclic) bond motifs is 5. The molecule has 0 bridgehead atoms. The average Bonchev–Trinajstić information content (AvgIpc) is 3.31. The lowest BCUT2D eigenvalue weighted by molar-refractivity contribution is -0.982. The quantitative estimate of drug-likeness (QED) is 0.314. The first-order chi connectivity index (χ1) is 16.4. The van der Waals surface area contributed by atoms with Crippen molar-refractivity contribution in [3.63, 3.8) is 0 Å². The molecule has 12 heteroatoms. The van der Waals surface area contributed by atoms with Crippen LogP contribution in [0.5, 0.6) is 0 Å². The third kappa shape index (κ3) is 3.43. The first-order valence-electron chi connectivity index (χ1n) is 12.4. The number of cyclic esters (lactones) is 1. The maximum absolute atomic E-state index is 12.3. The number of nitrogens with zero attached hydrogens (tertiary/aromatic N) is 2. The van der Waals surface area contributed by atoms with E-state index in [2.05, 4.69) is 6.92 Å². The van der Waals surface area contributed by atoms with Gasteiger partial charge in [0.1, 0.15) is 16.4 Å².